The molecule has 0 radical (unpaired) electrons. The Balaban J connectivity index is 1.72. The Morgan fingerprint density at radius 3 is 2.62 bits per heavy atom. The largest absolute Gasteiger partial charge is 0.382 e. The van der Waals surface area contributed by atoms with E-state index in [-0.39, 0.29) is 29.0 Å². The summed E-state index contributed by atoms with van der Waals surface area (Å²) in [5, 5.41) is 1.59. The second-order valence-corrected chi connectivity index (χ2v) is 8.10. The number of amides is 1. The molecule has 0 saturated carbocycles. The number of nitrogens with two attached hydrogens (primary N) is 1. The van der Waals surface area contributed by atoms with Crippen LogP contribution in [0.15, 0.2) is 71.8 Å². The molecule has 2 N–H and O–H groups in total. The van der Waals surface area contributed by atoms with Crippen molar-refractivity contribution < 1.29 is 4.79 Å². The van der Waals surface area contributed by atoms with Crippen molar-refractivity contribution in [3.63, 3.8) is 0 Å². The fraction of sp³-hybridized carbons (Fsp3) is 0.167. The van der Waals surface area contributed by atoms with Crippen LogP contribution in [0.25, 0.3) is 16.5 Å². The topological polar surface area (TPSA) is 94.1 Å². The number of hydrogen-bond acceptors (Lipinski definition) is 5. The third-order valence-corrected chi connectivity index (χ3v) is 6.14. The maximum Gasteiger partial charge on any atom is 0.276 e. The van der Waals surface area contributed by atoms with Crippen LogP contribution in [0.3, 0.4) is 0 Å². The molecule has 7 nitrogen and oxygen atoms in total. The molecule has 1 saturated heterocycles. The van der Waals surface area contributed by atoms with Gasteiger partial charge in [0.1, 0.15) is 0 Å². The summed E-state index contributed by atoms with van der Waals surface area (Å²) in [6.07, 6.45) is 4.41. The molecule has 3 heterocycles. The lowest BCUT2D eigenvalue weighted by atomic mass is 10.0. The van der Waals surface area contributed by atoms with Crippen LogP contribution in [0.4, 0.5) is 5.82 Å². The van der Waals surface area contributed by atoms with E-state index >= 15 is 0 Å². The van der Waals surface area contributed by atoms with E-state index in [1.165, 1.54) is 12.4 Å². The Labute approximate surface area is 189 Å². The van der Waals surface area contributed by atoms with Crippen molar-refractivity contribution >= 4 is 34.1 Å². The lowest BCUT2D eigenvalue weighted by molar-refractivity contribution is 0.0726. The summed E-state index contributed by atoms with van der Waals surface area (Å²) >= 11 is 6.40. The van der Waals surface area contributed by atoms with Crippen molar-refractivity contribution in [1.82, 2.24) is 19.4 Å². The highest BCUT2D eigenvalue weighted by Gasteiger charge is 2.34. The van der Waals surface area contributed by atoms with Crippen molar-refractivity contribution in [3.05, 3.63) is 93.8 Å². The number of hydrogen-bond donors (Lipinski definition) is 1. The molecule has 4 aromatic rings. The SMILES string of the molecule is Nc1nccnc1C(=O)N1CCC[C@H]1c1cc2cccc(Cl)c2c(=O)n1-c1ccccc1. The molecule has 32 heavy (non-hydrogen) atoms. The van der Waals surface area contributed by atoms with Gasteiger partial charge in [-0.2, -0.15) is 0 Å². The van der Waals surface area contributed by atoms with Crippen LogP contribution in [-0.4, -0.2) is 31.9 Å². The average molecular weight is 446 g/mol. The predicted octanol–water partition coefficient (Wildman–Crippen LogP) is 3.99. The number of likely N-dealkylation sites (tertiary alicyclic amines) is 1. The number of fused-ring (bicyclic) bond motifs is 1. The zero-order chi connectivity index (χ0) is 22.2. The molecule has 1 atom stereocenters. The van der Waals surface area contributed by atoms with E-state index in [1.807, 2.05) is 48.5 Å². The molecule has 1 fully saturated rings. The number of anilines is 1. The van der Waals surface area contributed by atoms with Gasteiger partial charge in [0.25, 0.3) is 11.5 Å². The molecular formula is C24H20ClN5O2. The Hall–Kier alpha value is -3.71. The Bertz CT molecular complexity index is 1390. The number of carbonyl (C=O) groups excluding carboxylic acids is 1. The van der Waals surface area contributed by atoms with Crippen LogP contribution < -0.4 is 11.3 Å². The minimum Gasteiger partial charge on any atom is -0.382 e. The Morgan fingerprint density at radius 1 is 1.06 bits per heavy atom. The number of rotatable bonds is 3. The van der Waals surface area contributed by atoms with Gasteiger partial charge in [-0.05, 0) is 42.5 Å². The van der Waals surface area contributed by atoms with E-state index in [1.54, 1.807) is 15.5 Å². The van der Waals surface area contributed by atoms with E-state index in [0.717, 1.165) is 17.5 Å². The summed E-state index contributed by atoms with van der Waals surface area (Å²) in [5.41, 5.74) is 7.27. The van der Waals surface area contributed by atoms with Crippen LogP contribution >= 0.6 is 11.6 Å². The molecular weight excluding hydrogens is 426 g/mol. The van der Waals surface area contributed by atoms with Crippen molar-refractivity contribution in [2.45, 2.75) is 18.9 Å². The van der Waals surface area contributed by atoms with E-state index in [4.69, 9.17) is 17.3 Å². The van der Waals surface area contributed by atoms with Crippen molar-refractivity contribution in [3.8, 4) is 5.69 Å². The van der Waals surface area contributed by atoms with Crippen LogP contribution in [0.2, 0.25) is 5.02 Å². The quantitative estimate of drug-likeness (QED) is 0.514. The van der Waals surface area contributed by atoms with Crippen molar-refractivity contribution in [1.29, 1.82) is 0 Å². The highest BCUT2D eigenvalue weighted by Crippen LogP contribution is 2.35. The smallest absolute Gasteiger partial charge is 0.276 e. The fourth-order valence-electron chi connectivity index (χ4n) is 4.40. The third-order valence-electron chi connectivity index (χ3n) is 5.82. The average Bonchev–Trinajstić information content (AvgIpc) is 3.29. The maximum absolute atomic E-state index is 13.7. The first-order valence-corrected chi connectivity index (χ1v) is 10.7. The van der Waals surface area contributed by atoms with Gasteiger partial charge in [0.15, 0.2) is 11.5 Å². The minimum absolute atomic E-state index is 0.0916. The fourth-order valence-corrected chi connectivity index (χ4v) is 4.66. The Kier molecular flexibility index (Phi) is 5.11. The predicted molar refractivity (Wildman–Crippen MR) is 124 cm³/mol. The molecule has 1 aliphatic heterocycles. The lowest BCUT2D eigenvalue weighted by Crippen LogP contribution is -2.35. The van der Waals surface area contributed by atoms with E-state index in [2.05, 4.69) is 9.97 Å². The van der Waals surface area contributed by atoms with Crippen LogP contribution in [-0.2, 0) is 0 Å². The summed E-state index contributed by atoms with van der Waals surface area (Å²) in [6, 6.07) is 16.4. The van der Waals surface area contributed by atoms with Gasteiger partial charge in [-0.15, -0.1) is 0 Å². The number of halogens is 1. The summed E-state index contributed by atoms with van der Waals surface area (Å²) < 4.78 is 1.66. The standard InChI is InChI=1S/C24H20ClN5O2/c25-17-9-4-6-15-14-19(30(23(31)20(15)17)16-7-2-1-3-8-16)18-10-5-13-29(18)24(32)21-22(26)28-12-11-27-21/h1-4,6-9,11-12,14,18H,5,10,13H2,(H2,26,28)/t18-/m0/s1. The molecule has 2 aromatic heterocycles. The normalized spacial score (nSPS) is 15.9. The zero-order valence-corrected chi connectivity index (χ0v) is 17.9. The van der Waals surface area contributed by atoms with Gasteiger partial charge in [-0.25, -0.2) is 9.97 Å². The maximum atomic E-state index is 13.7. The molecule has 0 aliphatic carbocycles. The van der Waals surface area contributed by atoms with Crippen LogP contribution in [0, 0.1) is 0 Å². The summed E-state index contributed by atoms with van der Waals surface area (Å²) in [6.45, 7) is 0.538. The number of nitrogens with zero attached hydrogens (tertiary/aromatic N) is 4. The van der Waals surface area contributed by atoms with Gasteiger partial charge >= 0.3 is 0 Å². The lowest BCUT2D eigenvalue weighted by Gasteiger charge is -2.28. The summed E-state index contributed by atoms with van der Waals surface area (Å²) in [7, 11) is 0. The molecule has 2 aromatic carbocycles. The van der Waals surface area contributed by atoms with Gasteiger partial charge in [-0.3, -0.25) is 14.2 Å². The number of carbonyl (C=O) groups is 1. The van der Waals surface area contributed by atoms with Gasteiger partial charge in [-0.1, -0.05) is 41.9 Å². The zero-order valence-electron chi connectivity index (χ0n) is 17.1. The number of para-hydroxylation sites is 1. The molecule has 0 spiro atoms. The number of benzene rings is 2. The van der Waals surface area contributed by atoms with Crippen LogP contribution in [0.5, 0.6) is 0 Å². The summed E-state index contributed by atoms with van der Waals surface area (Å²) in [4.78, 5) is 36.9. The molecule has 5 rings (SSSR count). The molecule has 0 unspecified atom stereocenters. The number of pyridine rings is 1. The van der Waals surface area contributed by atoms with Crippen LogP contribution in [0.1, 0.15) is 35.1 Å². The van der Waals surface area contributed by atoms with Crippen molar-refractivity contribution in [2.75, 3.05) is 12.3 Å². The summed E-state index contributed by atoms with van der Waals surface area (Å²) in [5.74, 6) is -0.203. The second kappa shape index (κ2) is 8.09. The highest BCUT2D eigenvalue weighted by atomic mass is 35.5. The highest BCUT2D eigenvalue weighted by molar-refractivity contribution is 6.35. The number of aromatic nitrogens is 3. The monoisotopic (exact) mass is 445 g/mol. The van der Waals surface area contributed by atoms with Gasteiger partial charge in [0.05, 0.1) is 16.5 Å². The van der Waals surface area contributed by atoms with Gasteiger partial charge in [0, 0.05) is 30.3 Å². The first kappa shape index (κ1) is 20.2. The third kappa shape index (κ3) is 3.31. The first-order valence-electron chi connectivity index (χ1n) is 10.3. The van der Waals surface area contributed by atoms with Gasteiger partial charge in [0.2, 0.25) is 0 Å². The first-order chi connectivity index (χ1) is 15.6. The Morgan fingerprint density at radius 2 is 1.84 bits per heavy atom. The van der Waals surface area contributed by atoms with E-state index in [9.17, 15) is 9.59 Å². The van der Waals surface area contributed by atoms with Gasteiger partial charge < -0.3 is 10.6 Å². The molecule has 1 aliphatic rings. The minimum atomic E-state index is -0.319. The molecule has 160 valence electrons. The second-order valence-electron chi connectivity index (χ2n) is 7.70. The van der Waals surface area contributed by atoms with E-state index in [0.29, 0.717) is 29.1 Å². The van der Waals surface area contributed by atoms with Crippen molar-refractivity contribution in [2.24, 2.45) is 0 Å². The molecule has 8 heteroatoms. The molecule has 0 bridgehead atoms. The number of nitrogen functional groups attached to an aromatic ring is 1. The van der Waals surface area contributed by atoms with E-state index < -0.39 is 0 Å². The molecule has 1 amide bonds.